The lowest BCUT2D eigenvalue weighted by Gasteiger charge is -2.31. The standard InChI is InChI=1S/C24H23F3N2O5S/c1-2-19-29(18(12-35-19)22(31)32)21(30)20(24(25,26)27)28-23(33)34-11-17-15-9-5-3-7-13(15)14-8-4-6-10-16(14)17/h3-10,17-20H,2,11-12H2,1H3,(H,28,33)(H,31,32). The van der Waals surface area contributed by atoms with Gasteiger partial charge in [0.15, 0.2) is 0 Å². The molecule has 0 bridgehead atoms. The van der Waals surface area contributed by atoms with Crippen molar-refractivity contribution in [1.82, 2.24) is 10.2 Å². The van der Waals surface area contributed by atoms with E-state index in [-0.39, 0.29) is 24.7 Å². The molecule has 2 aromatic rings. The number of ether oxygens (including phenoxy) is 1. The van der Waals surface area contributed by atoms with Gasteiger partial charge in [0.2, 0.25) is 6.04 Å². The monoisotopic (exact) mass is 508 g/mol. The van der Waals surface area contributed by atoms with E-state index in [0.29, 0.717) is 4.90 Å². The van der Waals surface area contributed by atoms with Gasteiger partial charge in [-0.1, -0.05) is 55.5 Å². The van der Waals surface area contributed by atoms with Crippen LogP contribution in [-0.4, -0.2) is 64.0 Å². The Bertz CT molecular complexity index is 1100. The minimum absolute atomic E-state index is 0.0326. The maximum absolute atomic E-state index is 13.8. The average molecular weight is 509 g/mol. The zero-order chi connectivity index (χ0) is 25.3. The van der Waals surface area contributed by atoms with E-state index in [2.05, 4.69) is 0 Å². The molecular weight excluding hydrogens is 485 g/mol. The molecule has 0 saturated carbocycles. The summed E-state index contributed by atoms with van der Waals surface area (Å²) in [5, 5.41) is 10.3. The maximum atomic E-state index is 13.8. The first-order valence-electron chi connectivity index (χ1n) is 11.0. The molecule has 186 valence electrons. The van der Waals surface area contributed by atoms with E-state index in [1.165, 1.54) is 0 Å². The molecule has 2 aromatic carbocycles. The number of carbonyl (C=O) groups is 3. The summed E-state index contributed by atoms with van der Waals surface area (Å²) in [5.74, 6) is -3.32. The van der Waals surface area contributed by atoms with Crippen molar-refractivity contribution in [2.45, 2.75) is 42.9 Å². The van der Waals surface area contributed by atoms with Crippen LogP contribution in [0.3, 0.4) is 0 Å². The molecular formula is C24H23F3N2O5S. The van der Waals surface area contributed by atoms with Gasteiger partial charge in [0.05, 0.1) is 5.37 Å². The van der Waals surface area contributed by atoms with Crippen LogP contribution in [0.2, 0.25) is 0 Å². The van der Waals surface area contributed by atoms with Gasteiger partial charge in [-0.15, -0.1) is 11.8 Å². The number of fused-ring (bicyclic) bond motifs is 3. The van der Waals surface area contributed by atoms with Crippen molar-refractivity contribution >= 4 is 29.7 Å². The van der Waals surface area contributed by atoms with Crippen LogP contribution >= 0.6 is 11.8 Å². The molecule has 35 heavy (non-hydrogen) atoms. The normalized spacial score (nSPS) is 20.2. The fourth-order valence-electron chi connectivity index (χ4n) is 4.55. The molecule has 3 unspecified atom stereocenters. The predicted octanol–water partition coefficient (Wildman–Crippen LogP) is 4.22. The van der Waals surface area contributed by atoms with Crippen LogP contribution in [0.4, 0.5) is 18.0 Å². The van der Waals surface area contributed by atoms with E-state index < -0.39 is 41.6 Å². The summed E-state index contributed by atoms with van der Waals surface area (Å²) < 4.78 is 46.6. The number of nitrogens with one attached hydrogen (secondary N) is 1. The highest BCUT2D eigenvalue weighted by atomic mass is 32.2. The first-order valence-corrected chi connectivity index (χ1v) is 12.0. The number of alkyl carbamates (subject to hydrolysis) is 1. The molecule has 1 fully saturated rings. The number of carboxylic acid groups (broad SMARTS) is 1. The number of hydrogen-bond donors (Lipinski definition) is 2. The van der Waals surface area contributed by atoms with Crippen molar-refractivity contribution in [3.63, 3.8) is 0 Å². The number of amides is 2. The minimum atomic E-state index is -5.14. The number of carbonyl (C=O) groups excluding carboxylic acids is 2. The molecule has 1 aliphatic heterocycles. The highest BCUT2D eigenvalue weighted by molar-refractivity contribution is 8.00. The summed E-state index contributed by atoms with van der Waals surface area (Å²) >= 11 is 1.09. The molecule has 1 heterocycles. The highest BCUT2D eigenvalue weighted by Gasteiger charge is 2.52. The van der Waals surface area contributed by atoms with E-state index >= 15 is 0 Å². The third-order valence-corrected chi connectivity index (χ3v) is 7.61. The van der Waals surface area contributed by atoms with Gasteiger partial charge in [0.25, 0.3) is 5.91 Å². The molecule has 0 aromatic heterocycles. The molecule has 1 saturated heterocycles. The van der Waals surface area contributed by atoms with Gasteiger partial charge in [0.1, 0.15) is 12.6 Å². The summed E-state index contributed by atoms with van der Waals surface area (Å²) in [5.41, 5.74) is 3.68. The van der Waals surface area contributed by atoms with Crippen LogP contribution in [0.5, 0.6) is 0 Å². The molecule has 7 nitrogen and oxygen atoms in total. The maximum Gasteiger partial charge on any atom is 0.417 e. The van der Waals surface area contributed by atoms with Crippen LogP contribution < -0.4 is 5.32 Å². The zero-order valence-corrected chi connectivity index (χ0v) is 19.4. The minimum Gasteiger partial charge on any atom is -0.480 e. The molecule has 0 spiro atoms. The van der Waals surface area contributed by atoms with Gasteiger partial charge in [0, 0.05) is 11.7 Å². The van der Waals surface area contributed by atoms with Crippen LogP contribution in [-0.2, 0) is 14.3 Å². The van der Waals surface area contributed by atoms with Gasteiger partial charge < -0.3 is 20.1 Å². The van der Waals surface area contributed by atoms with E-state index in [9.17, 15) is 32.7 Å². The Morgan fingerprint density at radius 1 is 1.11 bits per heavy atom. The number of benzene rings is 2. The molecule has 2 N–H and O–H groups in total. The summed E-state index contributed by atoms with van der Waals surface area (Å²) in [6.45, 7) is 1.41. The van der Waals surface area contributed by atoms with Crippen molar-refractivity contribution in [2.24, 2.45) is 0 Å². The second kappa shape index (κ2) is 9.80. The zero-order valence-electron chi connectivity index (χ0n) is 18.6. The smallest absolute Gasteiger partial charge is 0.417 e. The number of halogens is 3. The van der Waals surface area contributed by atoms with Gasteiger partial charge in [-0.3, -0.25) is 4.79 Å². The number of alkyl halides is 3. The van der Waals surface area contributed by atoms with E-state index in [1.807, 2.05) is 48.5 Å². The first-order chi connectivity index (χ1) is 16.6. The molecule has 2 aliphatic rings. The van der Waals surface area contributed by atoms with E-state index in [4.69, 9.17) is 4.74 Å². The van der Waals surface area contributed by atoms with Gasteiger partial charge >= 0.3 is 18.2 Å². The summed E-state index contributed by atoms with van der Waals surface area (Å²) in [6, 6.07) is 10.6. The number of hydrogen-bond acceptors (Lipinski definition) is 5. The lowest BCUT2D eigenvalue weighted by Crippen LogP contribution is -2.59. The predicted molar refractivity (Wildman–Crippen MR) is 123 cm³/mol. The SMILES string of the molecule is CCC1SCC(C(=O)O)N1C(=O)C(NC(=O)OCC1c2ccccc2-c2ccccc21)C(F)(F)F. The number of thioether (sulfide) groups is 1. The van der Waals surface area contributed by atoms with Crippen molar-refractivity contribution in [1.29, 1.82) is 0 Å². The Hall–Kier alpha value is -3.21. The van der Waals surface area contributed by atoms with Crippen molar-refractivity contribution in [3.05, 3.63) is 59.7 Å². The summed E-state index contributed by atoms with van der Waals surface area (Å²) in [4.78, 5) is 37.5. The Balaban J connectivity index is 1.50. The molecule has 0 radical (unpaired) electrons. The van der Waals surface area contributed by atoms with Crippen molar-refractivity contribution < 1.29 is 37.4 Å². The second-order valence-corrected chi connectivity index (χ2v) is 9.45. The van der Waals surface area contributed by atoms with Gasteiger partial charge in [-0.2, -0.15) is 13.2 Å². The van der Waals surface area contributed by atoms with Gasteiger partial charge in [-0.05, 0) is 28.7 Å². The Labute approximate surface area is 203 Å². The topological polar surface area (TPSA) is 95.9 Å². The third kappa shape index (κ3) is 4.82. The molecule has 1 aliphatic carbocycles. The quantitative estimate of drug-likeness (QED) is 0.607. The number of rotatable bonds is 6. The number of aliphatic carboxylic acids is 1. The van der Waals surface area contributed by atoms with E-state index in [0.717, 1.165) is 34.0 Å². The second-order valence-electron chi connectivity index (χ2n) is 8.24. The summed E-state index contributed by atoms with van der Waals surface area (Å²) in [7, 11) is 0. The fraction of sp³-hybridized carbons (Fsp3) is 0.375. The molecule has 4 rings (SSSR count). The Morgan fingerprint density at radius 2 is 1.69 bits per heavy atom. The summed E-state index contributed by atoms with van der Waals surface area (Å²) in [6.07, 6.45) is -6.29. The van der Waals surface area contributed by atoms with Crippen LogP contribution in [0.25, 0.3) is 11.1 Å². The highest BCUT2D eigenvalue weighted by Crippen LogP contribution is 2.44. The van der Waals surface area contributed by atoms with Crippen molar-refractivity contribution in [3.8, 4) is 11.1 Å². The van der Waals surface area contributed by atoms with Crippen LogP contribution in [0.1, 0.15) is 30.4 Å². The lowest BCUT2D eigenvalue weighted by atomic mass is 9.98. The Kier molecular flexibility index (Phi) is 6.98. The lowest BCUT2D eigenvalue weighted by molar-refractivity contribution is -0.178. The third-order valence-electron chi connectivity index (χ3n) is 6.16. The van der Waals surface area contributed by atoms with Crippen LogP contribution in [0, 0.1) is 0 Å². The van der Waals surface area contributed by atoms with Crippen LogP contribution in [0.15, 0.2) is 48.5 Å². The number of carboxylic acids is 1. The first kappa shape index (κ1) is 24.9. The molecule has 11 heteroatoms. The Morgan fingerprint density at radius 3 is 2.20 bits per heavy atom. The van der Waals surface area contributed by atoms with Crippen molar-refractivity contribution in [2.75, 3.05) is 12.4 Å². The van der Waals surface area contributed by atoms with E-state index in [1.54, 1.807) is 12.2 Å². The molecule has 2 amide bonds. The van der Waals surface area contributed by atoms with Gasteiger partial charge in [-0.25, -0.2) is 9.59 Å². The largest absolute Gasteiger partial charge is 0.480 e. The fourth-order valence-corrected chi connectivity index (χ4v) is 5.91. The average Bonchev–Trinajstić information content (AvgIpc) is 3.40. The molecule has 3 atom stereocenters. The number of nitrogens with zero attached hydrogens (tertiary/aromatic N) is 1.